The Bertz CT molecular complexity index is 498. The number of nitrogens with zero attached hydrogens (tertiary/aromatic N) is 2. The third-order valence-electron chi connectivity index (χ3n) is 3.33. The second kappa shape index (κ2) is 5.26. The van der Waals surface area contributed by atoms with Crippen molar-refractivity contribution < 1.29 is 14.8 Å². The normalized spacial score (nSPS) is 24.0. The Morgan fingerprint density at radius 1 is 1.47 bits per heavy atom. The average Bonchev–Trinajstić information content (AvgIpc) is 2.75. The van der Waals surface area contributed by atoms with Crippen LogP contribution in [0.25, 0.3) is 0 Å². The Balaban J connectivity index is 2.08. The zero-order chi connectivity index (χ0) is 14.0. The summed E-state index contributed by atoms with van der Waals surface area (Å²) in [5.41, 5.74) is -0.726. The molecule has 19 heavy (non-hydrogen) atoms. The van der Waals surface area contributed by atoms with E-state index in [1.165, 1.54) is 12.1 Å². The minimum absolute atomic E-state index is 0.0230. The van der Waals surface area contributed by atoms with Crippen LogP contribution in [0, 0.1) is 10.1 Å². The van der Waals surface area contributed by atoms with Crippen LogP contribution in [0.15, 0.2) is 12.1 Å². The molecule has 0 bridgehead atoms. The molecular weight excluding hydrogens is 268 g/mol. The van der Waals surface area contributed by atoms with Gasteiger partial charge in [-0.3, -0.25) is 14.9 Å². The monoisotopic (exact) mass is 284 g/mol. The molecule has 1 N–H and O–H groups in total. The van der Waals surface area contributed by atoms with Gasteiger partial charge in [-0.2, -0.15) is 0 Å². The highest BCUT2D eigenvalue weighted by Gasteiger charge is 2.28. The minimum atomic E-state index is -0.726. The van der Waals surface area contributed by atoms with Gasteiger partial charge in [-0.1, -0.05) is 11.3 Å². The summed E-state index contributed by atoms with van der Waals surface area (Å²) in [6.45, 7) is 2.84. The molecule has 0 radical (unpaired) electrons. The van der Waals surface area contributed by atoms with Crippen molar-refractivity contribution in [1.29, 1.82) is 0 Å². The van der Waals surface area contributed by atoms with E-state index < -0.39 is 10.5 Å². The molecule has 2 rings (SSSR count). The molecule has 0 aromatic carbocycles. The smallest absolute Gasteiger partial charge is 0.324 e. The molecule has 1 amide bonds. The van der Waals surface area contributed by atoms with Gasteiger partial charge in [-0.25, -0.2) is 0 Å². The molecule has 1 unspecified atom stereocenters. The van der Waals surface area contributed by atoms with Gasteiger partial charge in [0.05, 0.1) is 15.4 Å². The van der Waals surface area contributed by atoms with Crippen molar-refractivity contribution in [3.8, 4) is 0 Å². The van der Waals surface area contributed by atoms with Gasteiger partial charge >= 0.3 is 5.00 Å². The highest BCUT2D eigenvalue weighted by Crippen LogP contribution is 2.27. The summed E-state index contributed by atoms with van der Waals surface area (Å²) in [6.07, 6.45) is 1.94. The predicted octanol–water partition coefficient (Wildman–Crippen LogP) is 2.03. The second-order valence-electron chi connectivity index (χ2n) is 5.04. The van der Waals surface area contributed by atoms with Crippen molar-refractivity contribution in [3.05, 3.63) is 27.1 Å². The van der Waals surface area contributed by atoms with Gasteiger partial charge in [0.1, 0.15) is 0 Å². The molecule has 1 aromatic rings. The third kappa shape index (κ3) is 3.30. The molecule has 104 valence electrons. The van der Waals surface area contributed by atoms with E-state index in [-0.39, 0.29) is 10.9 Å². The first-order valence-electron chi connectivity index (χ1n) is 6.15. The van der Waals surface area contributed by atoms with Crippen molar-refractivity contribution in [2.75, 3.05) is 13.1 Å². The lowest BCUT2D eigenvalue weighted by Gasteiger charge is -2.22. The molecule has 2 heterocycles. The third-order valence-corrected chi connectivity index (χ3v) is 4.36. The maximum atomic E-state index is 12.2. The molecule has 1 aliphatic heterocycles. The summed E-state index contributed by atoms with van der Waals surface area (Å²) in [7, 11) is 0. The molecule has 1 atom stereocenters. The summed E-state index contributed by atoms with van der Waals surface area (Å²) in [6, 6.07) is 2.85. The maximum absolute atomic E-state index is 12.2. The Morgan fingerprint density at radius 2 is 2.21 bits per heavy atom. The van der Waals surface area contributed by atoms with Crippen LogP contribution < -0.4 is 0 Å². The Kier molecular flexibility index (Phi) is 3.86. The first-order valence-corrected chi connectivity index (χ1v) is 6.97. The molecule has 1 aromatic heterocycles. The van der Waals surface area contributed by atoms with Gasteiger partial charge in [-0.05, 0) is 32.3 Å². The zero-order valence-corrected chi connectivity index (χ0v) is 11.5. The molecule has 0 aliphatic carbocycles. The van der Waals surface area contributed by atoms with Crippen LogP contribution in [-0.4, -0.2) is 39.5 Å². The summed E-state index contributed by atoms with van der Waals surface area (Å²) in [5, 5.41) is 20.6. The van der Waals surface area contributed by atoms with Crippen molar-refractivity contribution in [2.24, 2.45) is 0 Å². The van der Waals surface area contributed by atoms with Crippen LogP contribution in [0.2, 0.25) is 0 Å². The fourth-order valence-corrected chi connectivity index (χ4v) is 2.95. The maximum Gasteiger partial charge on any atom is 0.324 e. The van der Waals surface area contributed by atoms with Crippen LogP contribution in [0.3, 0.4) is 0 Å². The number of likely N-dealkylation sites (tertiary alicyclic amines) is 1. The number of nitro groups is 1. The molecule has 0 spiro atoms. The molecule has 0 saturated carbocycles. The van der Waals surface area contributed by atoms with Crippen LogP contribution >= 0.6 is 11.3 Å². The lowest BCUT2D eigenvalue weighted by molar-refractivity contribution is -0.380. The lowest BCUT2D eigenvalue weighted by Crippen LogP contribution is -2.33. The van der Waals surface area contributed by atoms with Crippen LogP contribution in [0.1, 0.15) is 35.9 Å². The summed E-state index contributed by atoms with van der Waals surface area (Å²) in [4.78, 5) is 24.4. The van der Waals surface area contributed by atoms with Gasteiger partial charge in [0, 0.05) is 19.2 Å². The van der Waals surface area contributed by atoms with Crippen molar-refractivity contribution in [2.45, 2.75) is 31.8 Å². The van der Waals surface area contributed by atoms with Gasteiger partial charge < -0.3 is 10.0 Å². The highest BCUT2D eigenvalue weighted by atomic mass is 32.1. The van der Waals surface area contributed by atoms with Crippen molar-refractivity contribution in [1.82, 2.24) is 4.90 Å². The summed E-state index contributed by atoms with van der Waals surface area (Å²) in [5.74, 6) is -0.184. The van der Waals surface area contributed by atoms with Crippen molar-refractivity contribution >= 4 is 22.2 Å². The fraction of sp³-hybridized carbons (Fsp3) is 0.583. The number of aliphatic hydroxyl groups is 1. The van der Waals surface area contributed by atoms with E-state index in [0.717, 1.165) is 17.8 Å². The Hall–Kier alpha value is -1.47. The van der Waals surface area contributed by atoms with Gasteiger partial charge in [0.15, 0.2) is 0 Å². The number of amides is 1. The number of hydrogen-bond acceptors (Lipinski definition) is 5. The number of rotatable bonds is 2. The van der Waals surface area contributed by atoms with Gasteiger partial charge in [-0.15, -0.1) is 0 Å². The topological polar surface area (TPSA) is 83.7 Å². The van der Waals surface area contributed by atoms with E-state index in [1.807, 2.05) is 0 Å². The van der Waals surface area contributed by atoms with Gasteiger partial charge in [0.25, 0.3) is 5.91 Å². The zero-order valence-electron chi connectivity index (χ0n) is 10.7. The Labute approximate surface area is 114 Å². The van der Waals surface area contributed by atoms with E-state index >= 15 is 0 Å². The predicted molar refractivity (Wildman–Crippen MR) is 71.4 cm³/mol. The van der Waals surface area contributed by atoms with E-state index in [1.54, 1.807) is 11.8 Å². The quantitative estimate of drug-likeness (QED) is 0.665. The Morgan fingerprint density at radius 3 is 2.84 bits per heavy atom. The number of thiophene rings is 1. The molecule has 6 nitrogen and oxygen atoms in total. The SMILES string of the molecule is CC1(O)CCCN(C(=O)c2ccc([N+](=O)[O-])s2)CC1. The van der Waals surface area contributed by atoms with E-state index in [2.05, 4.69) is 0 Å². The lowest BCUT2D eigenvalue weighted by atomic mass is 9.98. The second-order valence-corrected chi connectivity index (χ2v) is 6.10. The van der Waals surface area contributed by atoms with Gasteiger partial charge in [0.2, 0.25) is 0 Å². The fourth-order valence-electron chi connectivity index (χ4n) is 2.16. The standard InChI is InChI=1S/C12H16N2O4S/c1-12(16)5-2-7-13(8-6-12)11(15)9-3-4-10(19-9)14(17)18/h3-4,16H,2,5-8H2,1H3. The molecule has 1 fully saturated rings. The summed E-state index contributed by atoms with van der Waals surface area (Å²) < 4.78 is 0. The van der Waals surface area contributed by atoms with E-state index in [4.69, 9.17) is 0 Å². The van der Waals surface area contributed by atoms with Crippen LogP contribution in [0.5, 0.6) is 0 Å². The summed E-state index contributed by atoms with van der Waals surface area (Å²) >= 11 is 0.897. The van der Waals surface area contributed by atoms with E-state index in [9.17, 15) is 20.0 Å². The minimum Gasteiger partial charge on any atom is -0.390 e. The highest BCUT2D eigenvalue weighted by molar-refractivity contribution is 7.17. The number of carbonyl (C=O) groups is 1. The first kappa shape index (κ1) is 14.0. The van der Waals surface area contributed by atoms with E-state index in [0.29, 0.717) is 30.8 Å². The van der Waals surface area contributed by atoms with Crippen LogP contribution in [0.4, 0.5) is 5.00 Å². The molecule has 7 heteroatoms. The number of carbonyl (C=O) groups excluding carboxylic acids is 1. The molecular formula is C12H16N2O4S. The number of hydrogen-bond donors (Lipinski definition) is 1. The molecule has 1 aliphatic rings. The molecule has 1 saturated heterocycles. The van der Waals surface area contributed by atoms with Crippen molar-refractivity contribution in [3.63, 3.8) is 0 Å². The van der Waals surface area contributed by atoms with Crippen LogP contribution in [-0.2, 0) is 0 Å². The first-order chi connectivity index (χ1) is 8.89. The average molecular weight is 284 g/mol. The largest absolute Gasteiger partial charge is 0.390 e.